The van der Waals surface area contributed by atoms with Gasteiger partial charge in [-0.05, 0) is 6.66 Å². The van der Waals surface area contributed by atoms with Crippen LogP contribution in [0.5, 0.6) is 0 Å². The van der Waals surface area contributed by atoms with Gasteiger partial charge in [0, 0.05) is 8.81 Å². The summed E-state index contributed by atoms with van der Waals surface area (Å²) < 4.78 is 5.02. The van der Waals surface area contributed by atoms with Crippen LogP contribution in [0.2, 0.25) is 0 Å². The highest BCUT2D eigenvalue weighted by molar-refractivity contribution is 7.31. The van der Waals surface area contributed by atoms with Crippen LogP contribution >= 0.6 is 8.81 Å². The minimum Gasteiger partial charge on any atom is -0.396 e. The zero-order valence-corrected chi connectivity index (χ0v) is 7.58. The lowest BCUT2D eigenvalue weighted by molar-refractivity contribution is -0.0224. The van der Waals surface area contributed by atoms with Crippen LogP contribution in [-0.2, 0) is 4.52 Å². The lowest BCUT2D eigenvalue weighted by Crippen LogP contribution is -2.37. The fourth-order valence-electron chi connectivity index (χ4n) is 0.512. The summed E-state index contributed by atoms with van der Waals surface area (Å²) in [6.07, 6.45) is 0. The van der Waals surface area contributed by atoms with Gasteiger partial charge in [0.2, 0.25) is 0 Å². The van der Waals surface area contributed by atoms with E-state index in [1.54, 1.807) is 0 Å². The predicted octanol–water partition coefficient (Wildman–Crippen LogP) is -0.810. The van der Waals surface area contributed by atoms with Crippen LogP contribution in [0, 0.1) is 5.41 Å². The normalized spacial score (nSPS) is 13.1. The third-order valence-electron chi connectivity index (χ3n) is 1.53. The van der Waals surface area contributed by atoms with Crippen molar-refractivity contribution in [2.24, 2.45) is 5.41 Å². The van der Waals surface area contributed by atoms with Crippen LogP contribution in [0.3, 0.4) is 0 Å². The third kappa shape index (κ3) is 3.45. The zero-order valence-electron chi connectivity index (χ0n) is 6.58. The summed E-state index contributed by atoms with van der Waals surface area (Å²) in [6.45, 7) is 1.27. The molecule has 0 radical (unpaired) electrons. The summed E-state index contributed by atoms with van der Waals surface area (Å²) in [5.41, 5.74) is -0.872. The van der Waals surface area contributed by atoms with Crippen molar-refractivity contribution < 1.29 is 19.8 Å². The number of aliphatic hydroxyl groups excluding tert-OH is 3. The van der Waals surface area contributed by atoms with E-state index in [4.69, 9.17) is 19.8 Å². The fourth-order valence-corrected chi connectivity index (χ4v) is 0.963. The highest BCUT2D eigenvalue weighted by Gasteiger charge is 2.28. The van der Waals surface area contributed by atoms with E-state index in [2.05, 4.69) is 0 Å². The second-order valence-electron chi connectivity index (χ2n) is 2.47. The Morgan fingerprint density at radius 2 is 1.64 bits per heavy atom. The Labute approximate surface area is 68.1 Å². The van der Waals surface area contributed by atoms with E-state index in [1.165, 1.54) is 0 Å². The first-order chi connectivity index (χ1) is 5.24. The molecular formula is C6H15O4P. The van der Waals surface area contributed by atoms with Gasteiger partial charge in [-0.1, -0.05) is 0 Å². The first kappa shape index (κ1) is 11.3. The molecule has 0 amide bonds. The molecule has 0 saturated heterocycles. The van der Waals surface area contributed by atoms with Gasteiger partial charge in [-0.3, -0.25) is 0 Å². The molecule has 68 valence electrons. The summed E-state index contributed by atoms with van der Waals surface area (Å²) in [4.78, 5) is 0. The molecule has 0 heterocycles. The van der Waals surface area contributed by atoms with E-state index >= 15 is 0 Å². The van der Waals surface area contributed by atoms with E-state index in [-0.39, 0.29) is 26.4 Å². The van der Waals surface area contributed by atoms with Gasteiger partial charge in [0.15, 0.2) is 0 Å². The molecule has 0 aromatic heterocycles. The van der Waals surface area contributed by atoms with Gasteiger partial charge in [-0.15, -0.1) is 0 Å². The Hall–Kier alpha value is 0.270. The maximum atomic E-state index is 8.81. The van der Waals surface area contributed by atoms with Gasteiger partial charge in [0.05, 0.1) is 31.8 Å². The number of hydrogen-bond acceptors (Lipinski definition) is 4. The molecule has 0 saturated carbocycles. The molecule has 0 aliphatic heterocycles. The summed E-state index contributed by atoms with van der Waals surface area (Å²) in [5, 5.41) is 26.4. The second-order valence-corrected chi connectivity index (χ2v) is 3.16. The molecule has 11 heavy (non-hydrogen) atoms. The van der Waals surface area contributed by atoms with E-state index in [0.717, 1.165) is 0 Å². The van der Waals surface area contributed by atoms with Crippen LogP contribution in [0.4, 0.5) is 0 Å². The summed E-state index contributed by atoms with van der Waals surface area (Å²) >= 11 is 0. The molecule has 0 aromatic carbocycles. The van der Waals surface area contributed by atoms with E-state index in [1.807, 2.05) is 6.66 Å². The quantitative estimate of drug-likeness (QED) is 0.470. The van der Waals surface area contributed by atoms with Crippen molar-refractivity contribution in [3.8, 4) is 0 Å². The van der Waals surface area contributed by atoms with Crippen molar-refractivity contribution >= 4 is 8.81 Å². The largest absolute Gasteiger partial charge is 0.396 e. The number of rotatable bonds is 6. The van der Waals surface area contributed by atoms with Crippen LogP contribution in [0.1, 0.15) is 0 Å². The fraction of sp³-hybridized carbons (Fsp3) is 1.00. The molecule has 0 spiro atoms. The van der Waals surface area contributed by atoms with Crippen molar-refractivity contribution in [2.75, 3.05) is 33.1 Å². The Morgan fingerprint density at radius 3 is 1.91 bits per heavy atom. The van der Waals surface area contributed by atoms with E-state index < -0.39 is 5.41 Å². The maximum Gasteiger partial charge on any atom is 0.0633 e. The first-order valence-electron chi connectivity index (χ1n) is 3.36. The highest BCUT2D eigenvalue weighted by Crippen LogP contribution is 2.19. The molecule has 0 fully saturated rings. The topological polar surface area (TPSA) is 69.9 Å². The minimum absolute atomic E-state index is 0.200. The maximum absolute atomic E-state index is 8.81. The predicted molar refractivity (Wildman–Crippen MR) is 43.9 cm³/mol. The monoisotopic (exact) mass is 182 g/mol. The van der Waals surface area contributed by atoms with Crippen LogP contribution < -0.4 is 0 Å². The minimum atomic E-state index is -0.872. The highest BCUT2D eigenvalue weighted by atomic mass is 31.1. The molecule has 0 rings (SSSR count). The average molecular weight is 182 g/mol. The van der Waals surface area contributed by atoms with Gasteiger partial charge in [-0.25, -0.2) is 0 Å². The Bertz CT molecular complexity index is 86.3. The summed E-state index contributed by atoms with van der Waals surface area (Å²) in [6, 6.07) is 0. The van der Waals surface area contributed by atoms with E-state index in [9.17, 15) is 0 Å². The van der Waals surface area contributed by atoms with Crippen molar-refractivity contribution in [3.63, 3.8) is 0 Å². The van der Waals surface area contributed by atoms with Gasteiger partial charge in [-0.2, -0.15) is 0 Å². The molecule has 0 aliphatic carbocycles. The lowest BCUT2D eigenvalue weighted by Gasteiger charge is -2.26. The molecular weight excluding hydrogens is 167 g/mol. The first-order valence-corrected chi connectivity index (χ1v) is 4.76. The third-order valence-corrected chi connectivity index (χ3v) is 1.96. The van der Waals surface area contributed by atoms with Crippen LogP contribution in [0.25, 0.3) is 0 Å². The number of hydrogen-bond donors (Lipinski definition) is 3. The van der Waals surface area contributed by atoms with Crippen molar-refractivity contribution in [2.45, 2.75) is 0 Å². The molecule has 1 atom stereocenters. The SMILES string of the molecule is CPOCC(CO)(CO)CO. The van der Waals surface area contributed by atoms with Crippen molar-refractivity contribution in [1.29, 1.82) is 0 Å². The molecule has 3 N–H and O–H groups in total. The second kappa shape index (κ2) is 5.86. The lowest BCUT2D eigenvalue weighted by atomic mass is 9.93. The van der Waals surface area contributed by atoms with Gasteiger partial charge < -0.3 is 19.8 Å². The summed E-state index contributed by atoms with van der Waals surface area (Å²) in [5.74, 6) is 0. The Morgan fingerprint density at radius 1 is 1.18 bits per heavy atom. The molecule has 5 heteroatoms. The Kier molecular flexibility index (Phi) is 6.01. The van der Waals surface area contributed by atoms with Gasteiger partial charge in [0.1, 0.15) is 0 Å². The standard InChI is InChI=1S/C6H15O4P/c1-11-10-5-6(2-7,3-8)4-9/h7-9,11H,2-5H2,1H3. The summed E-state index contributed by atoms with van der Waals surface area (Å²) in [7, 11) is 0.307. The Balaban J connectivity index is 3.84. The molecule has 1 unspecified atom stereocenters. The molecule has 4 nitrogen and oxygen atoms in total. The molecule has 0 aliphatic rings. The van der Waals surface area contributed by atoms with E-state index in [0.29, 0.717) is 8.81 Å². The van der Waals surface area contributed by atoms with Crippen LogP contribution in [-0.4, -0.2) is 48.4 Å². The number of aliphatic hydroxyl groups is 3. The van der Waals surface area contributed by atoms with Gasteiger partial charge in [0.25, 0.3) is 0 Å². The average Bonchev–Trinajstić information content (AvgIpc) is 2.08. The zero-order chi connectivity index (χ0) is 8.74. The smallest absolute Gasteiger partial charge is 0.0633 e. The van der Waals surface area contributed by atoms with Crippen molar-refractivity contribution in [3.05, 3.63) is 0 Å². The van der Waals surface area contributed by atoms with Gasteiger partial charge >= 0.3 is 0 Å². The molecule has 0 bridgehead atoms. The molecule has 0 aromatic rings. The van der Waals surface area contributed by atoms with Crippen LogP contribution in [0.15, 0.2) is 0 Å². The van der Waals surface area contributed by atoms with Crippen molar-refractivity contribution in [1.82, 2.24) is 0 Å².